The van der Waals surface area contributed by atoms with E-state index in [2.05, 4.69) is 21.7 Å². The van der Waals surface area contributed by atoms with Crippen LogP contribution in [0.4, 0.5) is 0 Å². The second-order valence-corrected chi connectivity index (χ2v) is 3.75. The molecule has 1 aromatic heterocycles. The molecule has 0 bridgehead atoms. The molecule has 14 heavy (non-hydrogen) atoms. The van der Waals surface area contributed by atoms with Crippen molar-refractivity contribution in [2.45, 2.75) is 25.4 Å². The first kappa shape index (κ1) is 9.62. The maximum Gasteiger partial charge on any atom is 0.0541 e. The van der Waals surface area contributed by atoms with Gasteiger partial charge in [0.1, 0.15) is 0 Å². The molecule has 0 aromatic carbocycles. The normalized spacial score (nSPS) is 21.3. The average Bonchev–Trinajstić information content (AvgIpc) is 2.72. The highest BCUT2D eigenvalue weighted by Gasteiger charge is 2.12. The van der Waals surface area contributed by atoms with Gasteiger partial charge in [-0.3, -0.25) is 4.98 Å². The molecule has 0 spiro atoms. The van der Waals surface area contributed by atoms with Crippen molar-refractivity contribution in [3.63, 3.8) is 0 Å². The molecule has 1 aliphatic rings. The molecule has 2 heterocycles. The topological polar surface area (TPSA) is 37.0 Å². The predicted octanol–water partition coefficient (Wildman–Crippen LogP) is 0.923. The van der Waals surface area contributed by atoms with Crippen molar-refractivity contribution in [1.82, 2.24) is 15.6 Å². The third kappa shape index (κ3) is 2.79. The van der Waals surface area contributed by atoms with E-state index in [-0.39, 0.29) is 0 Å². The first-order valence-electron chi connectivity index (χ1n) is 5.29. The average molecular weight is 191 g/mol. The minimum atomic E-state index is 0.665. The van der Waals surface area contributed by atoms with Crippen LogP contribution in [0.3, 0.4) is 0 Å². The minimum Gasteiger partial charge on any atom is -0.313 e. The molecule has 76 valence electrons. The van der Waals surface area contributed by atoms with Crippen molar-refractivity contribution >= 4 is 0 Å². The Bertz CT molecular complexity index is 254. The first-order chi connectivity index (χ1) is 6.95. The van der Waals surface area contributed by atoms with Crippen LogP contribution in [0.15, 0.2) is 24.4 Å². The van der Waals surface area contributed by atoms with Crippen molar-refractivity contribution in [3.8, 4) is 0 Å². The van der Waals surface area contributed by atoms with Crippen molar-refractivity contribution in [1.29, 1.82) is 0 Å². The van der Waals surface area contributed by atoms with E-state index in [1.807, 2.05) is 18.3 Å². The fourth-order valence-electron chi connectivity index (χ4n) is 1.81. The Kier molecular flexibility index (Phi) is 3.49. The summed E-state index contributed by atoms with van der Waals surface area (Å²) in [5.41, 5.74) is 1.12. The Morgan fingerprint density at radius 2 is 2.50 bits per heavy atom. The number of nitrogens with one attached hydrogen (secondary N) is 2. The van der Waals surface area contributed by atoms with Gasteiger partial charge in [-0.05, 0) is 31.5 Å². The van der Waals surface area contributed by atoms with Gasteiger partial charge in [0, 0.05) is 25.3 Å². The number of aromatic nitrogens is 1. The maximum absolute atomic E-state index is 4.26. The third-order valence-electron chi connectivity index (χ3n) is 2.59. The van der Waals surface area contributed by atoms with Crippen molar-refractivity contribution in [2.75, 3.05) is 13.1 Å². The minimum absolute atomic E-state index is 0.665. The monoisotopic (exact) mass is 191 g/mol. The Balaban J connectivity index is 1.67. The van der Waals surface area contributed by atoms with Crippen LogP contribution in [0.25, 0.3) is 0 Å². The van der Waals surface area contributed by atoms with E-state index in [0.717, 1.165) is 18.8 Å². The molecule has 2 rings (SSSR count). The highest BCUT2D eigenvalue weighted by Crippen LogP contribution is 2.03. The highest BCUT2D eigenvalue weighted by molar-refractivity contribution is 5.02. The molecule has 0 radical (unpaired) electrons. The molecule has 1 atom stereocenters. The van der Waals surface area contributed by atoms with Gasteiger partial charge in [-0.2, -0.15) is 0 Å². The zero-order valence-corrected chi connectivity index (χ0v) is 8.37. The highest BCUT2D eigenvalue weighted by atomic mass is 15.0. The van der Waals surface area contributed by atoms with Crippen LogP contribution in [-0.2, 0) is 6.54 Å². The fraction of sp³-hybridized carbons (Fsp3) is 0.545. The Labute approximate surface area is 84.9 Å². The molecular weight excluding hydrogens is 174 g/mol. The van der Waals surface area contributed by atoms with Gasteiger partial charge in [-0.1, -0.05) is 6.07 Å². The molecule has 3 heteroatoms. The molecule has 2 N–H and O–H groups in total. The van der Waals surface area contributed by atoms with Crippen LogP contribution in [0.1, 0.15) is 18.5 Å². The molecule has 1 aromatic rings. The van der Waals surface area contributed by atoms with Crippen LogP contribution >= 0.6 is 0 Å². The van der Waals surface area contributed by atoms with Crippen LogP contribution in [0.2, 0.25) is 0 Å². The second-order valence-electron chi connectivity index (χ2n) is 3.75. The fourth-order valence-corrected chi connectivity index (χ4v) is 1.81. The van der Waals surface area contributed by atoms with Gasteiger partial charge >= 0.3 is 0 Å². The van der Waals surface area contributed by atoms with Crippen molar-refractivity contribution in [3.05, 3.63) is 30.1 Å². The standard InChI is InChI=1S/C11H17N3/c1-2-6-13-10(4-1)8-12-9-11-5-3-7-14-11/h1-2,4,6,11-12,14H,3,5,7-9H2. The quantitative estimate of drug-likeness (QED) is 0.743. The molecule has 1 saturated heterocycles. The maximum atomic E-state index is 4.26. The number of rotatable bonds is 4. The van der Waals surface area contributed by atoms with Gasteiger partial charge in [-0.25, -0.2) is 0 Å². The summed E-state index contributed by atoms with van der Waals surface area (Å²) in [6, 6.07) is 6.69. The van der Waals surface area contributed by atoms with Crippen LogP contribution < -0.4 is 10.6 Å². The van der Waals surface area contributed by atoms with Gasteiger partial charge in [0.25, 0.3) is 0 Å². The molecule has 1 fully saturated rings. The first-order valence-corrected chi connectivity index (χ1v) is 5.29. The molecular formula is C11H17N3. The van der Waals surface area contributed by atoms with E-state index < -0.39 is 0 Å². The number of pyridine rings is 1. The summed E-state index contributed by atoms with van der Waals surface area (Å²) < 4.78 is 0. The summed E-state index contributed by atoms with van der Waals surface area (Å²) in [5, 5.41) is 6.88. The van der Waals surface area contributed by atoms with E-state index in [4.69, 9.17) is 0 Å². The lowest BCUT2D eigenvalue weighted by molar-refractivity contribution is 0.532. The SMILES string of the molecule is c1ccc(CNCC2CCCN2)nc1. The Hall–Kier alpha value is -0.930. The summed E-state index contributed by atoms with van der Waals surface area (Å²) in [7, 11) is 0. The lowest BCUT2D eigenvalue weighted by atomic mass is 10.2. The van der Waals surface area contributed by atoms with Crippen LogP contribution in [0, 0.1) is 0 Å². The molecule has 0 amide bonds. The smallest absolute Gasteiger partial charge is 0.0541 e. The third-order valence-corrected chi connectivity index (χ3v) is 2.59. The largest absolute Gasteiger partial charge is 0.313 e. The zero-order valence-electron chi connectivity index (χ0n) is 8.37. The Morgan fingerprint density at radius 1 is 1.50 bits per heavy atom. The number of hydrogen-bond donors (Lipinski definition) is 2. The lowest BCUT2D eigenvalue weighted by Gasteiger charge is -2.10. The van der Waals surface area contributed by atoms with Crippen LogP contribution in [0.5, 0.6) is 0 Å². The predicted molar refractivity (Wildman–Crippen MR) is 57.0 cm³/mol. The van der Waals surface area contributed by atoms with Gasteiger partial charge in [0.05, 0.1) is 5.69 Å². The van der Waals surface area contributed by atoms with Crippen LogP contribution in [-0.4, -0.2) is 24.1 Å². The second kappa shape index (κ2) is 5.08. The van der Waals surface area contributed by atoms with Crippen molar-refractivity contribution < 1.29 is 0 Å². The van der Waals surface area contributed by atoms with E-state index in [1.54, 1.807) is 0 Å². The molecule has 0 saturated carbocycles. The zero-order chi connectivity index (χ0) is 9.64. The van der Waals surface area contributed by atoms with E-state index in [1.165, 1.54) is 19.4 Å². The Morgan fingerprint density at radius 3 is 3.21 bits per heavy atom. The van der Waals surface area contributed by atoms with Gasteiger partial charge in [0.15, 0.2) is 0 Å². The molecule has 3 nitrogen and oxygen atoms in total. The number of hydrogen-bond acceptors (Lipinski definition) is 3. The molecule has 1 aliphatic heterocycles. The summed E-state index contributed by atoms with van der Waals surface area (Å²) in [6.07, 6.45) is 4.45. The van der Waals surface area contributed by atoms with E-state index >= 15 is 0 Å². The van der Waals surface area contributed by atoms with Crippen molar-refractivity contribution in [2.24, 2.45) is 0 Å². The van der Waals surface area contributed by atoms with E-state index in [9.17, 15) is 0 Å². The summed E-state index contributed by atoms with van der Waals surface area (Å²) in [5.74, 6) is 0. The molecule has 1 unspecified atom stereocenters. The molecule has 0 aliphatic carbocycles. The summed E-state index contributed by atoms with van der Waals surface area (Å²) in [4.78, 5) is 4.26. The van der Waals surface area contributed by atoms with Gasteiger partial charge in [-0.15, -0.1) is 0 Å². The lowest BCUT2D eigenvalue weighted by Crippen LogP contribution is -2.33. The van der Waals surface area contributed by atoms with E-state index in [0.29, 0.717) is 6.04 Å². The summed E-state index contributed by atoms with van der Waals surface area (Å²) >= 11 is 0. The van der Waals surface area contributed by atoms with Gasteiger partial charge < -0.3 is 10.6 Å². The van der Waals surface area contributed by atoms with Gasteiger partial charge in [0.2, 0.25) is 0 Å². The summed E-state index contributed by atoms with van der Waals surface area (Å²) in [6.45, 7) is 3.10. The number of nitrogens with zero attached hydrogens (tertiary/aromatic N) is 1.